The molecule has 118 valence electrons. The predicted octanol–water partition coefficient (Wildman–Crippen LogP) is 3.82. The van der Waals surface area contributed by atoms with Crippen LogP contribution in [0.1, 0.15) is 29.2 Å². The van der Waals surface area contributed by atoms with Crippen molar-refractivity contribution in [2.75, 3.05) is 6.61 Å². The second-order valence-corrected chi connectivity index (χ2v) is 7.57. The van der Waals surface area contributed by atoms with Crippen LogP contribution in [0.2, 0.25) is 0 Å². The molecule has 0 fully saturated rings. The summed E-state index contributed by atoms with van der Waals surface area (Å²) in [5.41, 5.74) is 3.67. The molecule has 2 aromatic carbocycles. The Hall–Kier alpha value is -1.81. The third-order valence-corrected chi connectivity index (χ3v) is 5.03. The van der Waals surface area contributed by atoms with Gasteiger partial charge in [0.05, 0.1) is 18.1 Å². The van der Waals surface area contributed by atoms with Crippen molar-refractivity contribution in [1.82, 2.24) is 0 Å². The Labute approximate surface area is 132 Å². The quantitative estimate of drug-likeness (QED) is 0.813. The highest BCUT2D eigenvalue weighted by Crippen LogP contribution is 2.23. The monoisotopic (exact) mass is 318 g/mol. The molecule has 0 radical (unpaired) electrons. The Morgan fingerprint density at radius 2 is 1.64 bits per heavy atom. The third kappa shape index (κ3) is 4.34. The molecule has 2 aromatic rings. The fourth-order valence-corrected chi connectivity index (χ4v) is 4.00. The molecule has 0 aliphatic heterocycles. The molecule has 0 saturated carbocycles. The number of ether oxygens (including phenoxy) is 1. The highest BCUT2D eigenvalue weighted by atomic mass is 32.2. The van der Waals surface area contributed by atoms with E-state index in [1.165, 1.54) is 0 Å². The molecule has 0 bridgehead atoms. The average molecular weight is 318 g/mol. The minimum Gasteiger partial charge on any atom is -0.494 e. The summed E-state index contributed by atoms with van der Waals surface area (Å²) < 4.78 is 30.6. The fourth-order valence-electron chi connectivity index (χ4n) is 2.40. The summed E-state index contributed by atoms with van der Waals surface area (Å²) in [5.74, 6) is 0.701. The lowest BCUT2D eigenvalue weighted by molar-refractivity contribution is 0.337. The van der Waals surface area contributed by atoms with E-state index >= 15 is 0 Å². The van der Waals surface area contributed by atoms with Crippen molar-refractivity contribution in [2.24, 2.45) is 0 Å². The van der Waals surface area contributed by atoms with Gasteiger partial charge in [0.1, 0.15) is 5.75 Å². The minimum absolute atomic E-state index is 0.00342. The Kier molecular flexibility index (Phi) is 5.24. The molecule has 0 unspecified atom stereocenters. The van der Waals surface area contributed by atoms with Crippen LogP contribution in [0, 0.1) is 13.8 Å². The first-order valence-corrected chi connectivity index (χ1v) is 9.20. The van der Waals surface area contributed by atoms with Gasteiger partial charge in [-0.05, 0) is 38.0 Å². The summed E-state index contributed by atoms with van der Waals surface area (Å²) in [4.78, 5) is 0. The predicted molar refractivity (Wildman–Crippen MR) is 89.9 cm³/mol. The lowest BCUT2D eigenvalue weighted by atomic mass is 10.1. The molecule has 0 N–H and O–H groups in total. The van der Waals surface area contributed by atoms with E-state index in [1.54, 1.807) is 0 Å². The van der Waals surface area contributed by atoms with Crippen molar-refractivity contribution in [2.45, 2.75) is 32.3 Å². The van der Waals surface area contributed by atoms with Gasteiger partial charge >= 0.3 is 0 Å². The molecule has 0 aromatic heterocycles. The van der Waals surface area contributed by atoms with Gasteiger partial charge in [0, 0.05) is 5.56 Å². The molecule has 0 atom stereocenters. The number of rotatable bonds is 6. The van der Waals surface area contributed by atoms with Gasteiger partial charge in [0.2, 0.25) is 0 Å². The molecular formula is C18H22O3S. The number of sulfone groups is 1. The van der Waals surface area contributed by atoms with Crippen molar-refractivity contribution < 1.29 is 13.2 Å². The first kappa shape index (κ1) is 16.6. The van der Waals surface area contributed by atoms with Gasteiger partial charge < -0.3 is 4.74 Å². The van der Waals surface area contributed by atoms with Crippen LogP contribution in [0.5, 0.6) is 5.75 Å². The first-order valence-electron chi connectivity index (χ1n) is 7.38. The van der Waals surface area contributed by atoms with Crippen LogP contribution in [0.4, 0.5) is 0 Å². The molecule has 22 heavy (non-hydrogen) atoms. The fraction of sp³-hybridized carbons (Fsp3) is 0.333. The Morgan fingerprint density at radius 3 is 2.36 bits per heavy atom. The highest BCUT2D eigenvalue weighted by molar-refractivity contribution is 7.89. The van der Waals surface area contributed by atoms with Crippen LogP contribution >= 0.6 is 0 Å². The van der Waals surface area contributed by atoms with Crippen LogP contribution in [0.3, 0.4) is 0 Å². The van der Waals surface area contributed by atoms with E-state index in [1.807, 2.05) is 63.2 Å². The number of hydrogen-bond donors (Lipinski definition) is 0. The number of para-hydroxylation sites is 1. The smallest absolute Gasteiger partial charge is 0.158 e. The van der Waals surface area contributed by atoms with Crippen molar-refractivity contribution in [1.29, 1.82) is 0 Å². The van der Waals surface area contributed by atoms with Crippen LogP contribution in [-0.2, 0) is 21.3 Å². The molecule has 2 rings (SSSR count). The van der Waals surface area contributed by atoms with Crippen LogP contribution in [0.25, 0.3) is 0 Å². The number of aryl methyl sites for hydroxylation is 2. The largest absolute Gasteiger partial charge is 0.494 e. The Bertz CT molecular complexity index is 749. The summed E-state index contributed by atoms with van der Waals surface area (Å²) in [5, 5.41) is 0. The molecule has 0 aliphatic rings. The molecule has 0 spiro atoms. The maximum absolute atomic E-state index is 12.5. The standard InChI is InChI=1S/C18H22O3S/c1-4-21-18-8-6-5-7-16(18)12-22(19,20)13-17-11-14(2)9-10-15(17)3/h5-11H,4,12-13H2,1-3H3. The van der Waals surface area contributed by atoms with E-state index in [4.69, 9.17) is 4.74 Å². The molecule has 0 amide bonds. The van der Waals surface area contributed by atoms with Gasteiger partial charge in [-0.15, -0.1) is 0 Å². The molecule has 3 nitrogen and oxygen atoms in total. The highest BCUT2D eigenvalue weighted by Gasteiger charge is 2.17. The van der Waals surface area contributed by atoms with Crippen molar-refractivity contribution in [3.63, 3.8) is 0 Å². The zero-order valence-corrected chi connectivity index (χ0v) is 14.1. The lowest BCUT2D eigenvalue weighted by Crippen LogP contribution is -2.10. The lowest BCUT2D eigenvalue weighted by Gasteiger charge is -2.12. The summed E-state index contributed by atoms with van der Waals surface area (Å²) in [6, 6.07) is 13.2. The zero-order chi connectivity index (χ0) is 16.2. The molecule has 4 heteroatoms. The van der Waals surface area contributed by atoms with Crippen molar-refractivity contribution in [3.05, 3.63) is 64.7 Å². The van der Waals surface area contributed by atoms with Gasteiger partial charge in [-0.1, -0.05) is 42.0 Å². The SMILES string of the molecule is CCOc1ccccc1CS(=O)(=O)Cc1cc(C)ccc1C. The normalized spacial score (nSPS) is 11.4. The maximum atomic E-state index is 12.5. The van der Waals surface area contributed by atoms with Gasteiger partial charge in [0.25, 0.3) is 0 Å². The third-order valence-electron chi connectivity index (χ3n) is 3.53. The summed E-state index contributed by atoms with van der Waals surface area (Å²) in [6.45, 7) is 6.33. The second-order valence-electron chi connectivity index (χ2n) is 5.50. The number of benzene rings is 2. The van der Waals surface area contributed by atoms with Crippen LogP contribution in [0.15, 0.2) is 42.5 Å². The average Bonchev–Trinajstić information content (AvgIpc) is 2.45. The van der Waals surface area contributed by atoms with Gasteiger partial charge in [-0.25, -0.2) is 8.42 Å². The first-order chi connectivity index (χ1) is 10.4. The Morgan fingerprint density at radius 1 is 0.955 bits per heavy atom. The minimum atomic E-state index is -3.25. The topological polar surface area (TPSA) is 43.4 Å². The van der Waals surface area contributed by atoms with E-state index in [0.29, 0.717) is 12.4 Å². The molecule has 0 saturated heterocycles. The summed E-state index contributed by atoms with van der Waals surface area (Å²) in [6.07, 6.45) is 0. The molecular weight excluding hydrogens is 296 g/mol. The van der Waals surface area contributed by atoms with E-state index < -0.39 is 9.84 Å². The second kappa shape index (κ2) is 6.97. The van der Waals surface area contributed by atoms with Gasteiger partial charge in [-0.3, -0.25) is 0 Å². The van der Waals surface area contributed by atoms with Crippen LogP contribution < -0.4 is 4.74 Å². The maximum Gasteiger partial charge on any atom is 0.158 e. The van der Waals surface area contributed by atoms with E-state index in [9.17, 15) is 8.42 Å². The van der Waals surface area contributed by atoms with Crippen molar-refractivity contribution >= 4 is 9.84 Å². The Balaban J connectivity index is 2.23. The van der Waals surface area contributed by atoms with Crippen molar-refractivity contribution in [3.8, 4) is 5.75 Å². The van der Waals surface area contributed by atoms with Gasteiger partial charge in [0.15, 0.2) is 9.84 Å². The number of hydrogen-bond acceptors (Lipinski definition) is 3. The molecule has 0 heterocycles. The van der Waals surface area contributed by atoms with E-state index in [2.05, 4.69) is 0 Å². The van der Waals surface area contributed by atoms with Gasteiger partial charge in [-0.2, -0.15) is 0 Å². The summed E-state index contributed by atoms with van der Waals surface area (Å²) in [7, 11) is -3.25. The van der Waals surface area contributed by atoms with E-state index in [0.717, 1.165) is 22.3 Å². The zero-order valence-electron chi connectivity index (χ0n) is 13.3. The van der Waals surface area contributed by atoms with E-state index in [-0.39, 0.29) is 11.5 Å². The summed E-state index contributed by atoms with van der Waals surface area (Å²) >= 11 is 0. The molecule has 0 aliphatic carbocycles. The van der Waals surface area contributed by atoms with Crippen LogP contribution in [-0.4, -0.2) is 15.0 Å².